The first-order valence-electron chi connectivity index (χ1n) is 6.01. The van der Waals surface area contributed by atoms with E-state index in [0.29, 0.717) is 6.54 Å². The number of thiophene rings is 1. The molecule has 0 aromatic carbocycles. The van der Waals surface area contributed by atoms with Crippen LogP contribution in [0.25, 0.3) is 0 Å². The van der Waals surface area contributed by atoms with Crippen LogP contribution in [0, 0.1) is 0 Å². The Labute approximate surface area is 122 Å². The highest BCUT2D eigenvalue weighted by molar-refractivity contribution is 7.99. The summed E-state index contributed by atoms with van der Waals surface area (Å²) in [6.07, 6.45) is 1.84. The first-order valence-corrected chi connectivity index (χ1v) is 8.11. The molecule has 2 amide bonds. The maximum absolute atomic E-state index is 11.5. The Kier molecular flexibility index (Phi) is 6.97. The highest BCUT2D eigenvalue weighted by Crippen LogP contribution is 2.21. The number of urea groups is 1. The first kappa shape index (κ1) is 16.1. The van der Waals surface area contributed by atoms with Crippen LogP contribution < -0.4 is 10.6 Å². The Balaban J connectivity index is 2.21. The fourth-order valence-corrected chi connectivity index (χ4v) is 2.75. The lowest BCUT2D eigenvalue weighted by molar-refractivity contribution is 0.0598. The Morgan fingerprint density at radius 3 is 3.05 bits per heavy atom. The summed E-state index contributed by atoms with van der Waals surface area (Å²) in [5.41, 5.74) is -0.214. The van der Waals surface area contributed by atoms with Gasteiger partial charge in [-0.2, -0.15) is 23.1 Å². The number of nitrogens with one attached hydrogen (secondary N) is 2. The third kappa shape index (κ3) is 6.13. The topological polar surface area (TPSA) is 61.4 Å². The molecule has 0 spiro atoms. The number of amides is 2. The smallest absolute Gasteiger partial charge is 0.314 e. The zero-order chi connectivity index (χ0) is 14.1. The minimum atomic E-state index is -1.03. The predicted octanol–water partition coefficient (Wildman–Crippen LogP) is 2.17. The summed E-state index contributed by atoms with van der Waals surface area (Å²) >= 11 is 3.23. The largest absolute Gasteiger partial charge is 0.384 e. The van der Waals surface area contributed by atoms with E-state index in [1.54, 1.807) is 18.7 Å². The molecule has 0 fully saturated rings. The third-order valence-corrected chi connectivity index (χ3v) is 4.15. The van der Waals surface area contributed by atoms with Crippen molar-refractivity contribution in [3.05, 3.63) is 35.0 Å². The maximum atomic E-state index is 11.5. The van der Waals surface area contributed by atoms with Crippen LogP contribution in [-0.2, 0) is 5.60 Å². The van der Waals surface area contributed by atoms with Gasteiger partial charge in [-0.25, -0.2) is 4.79 Å². The van der Waals surface area contributed by atoms with Crippen LogP contribution >= 0.6 is 23.1 Å². The van der Waals surface area contributed by atoms with Crippen LogP contribution in [0.2, 0.25) is 0 Å². The van der Waals surface area contributed by atoms with Gasteiger partial charge >= 0.3 is 6.03 Å². The SMILES string of the molecule is C=CCSCCNC(=O)NC[C@](C)(O)c1ccsc1. The summed E-state index contributed by atoms with van der Waals surface area (Å²) in [7, 11) is 0. The molecule has 19 heavy (non-hydrogen) atoms. The molecule has 0 saturated heterocycles. The normalized spacial score (nSPS) is 13.6. The van der Waals surface area contributed by atoms with Gasteiger partial charge in [-0.3, -0.25) is 0 Å². The van der Waals surface area contributed by atoms with Crippen molar-refractivity contribution >= 4 is 29.1 Å². The van der Waals surface area contributed by atoms with E-state index in [1.165, 1.54) is 11.3 Å². The molecule has 106 valence electrons. The number of hydrogen-bond donors (Lipinski definition) is 3. The monoisotopic (exact) mass is 300 g/mol. The van der Waals surface area contributed by atoms with Crippen molar-refractivity contribution in [3.63, 3.8) is 0 Å². The molecule has 1 aromatic heterocycles. The molecule has 0 radical (unpaired) electrons. The lowest BCUT2D eigenvalue weighted by Crippen LogP contribution is -2.43. The molecule has 4 nitrogen and oxygen atoms in total. The average molecular weight is 300 g/mol. The second-order valence-corrected chi connectivity index (χ2v) is 6.19. The van der Waals surface area contributed by atoms with Gasteiger partial charge in [-0.05, 0) is 29.3 Å². The second-order valence-electron chi connectivity index (χ2n) is 4.26. The average Bonchev–Trinajstić information content (AvgIpc) is 2.91. The van der Waals surface area contributed by atoms with E-state index in [1.807, 2.05) is 22.9 Å². The fraction of sp³-hybridized carbons (Fsp3) is 0.462. The van der Waals surface area contributed by atoms with Gasteiger partial charge in [-0.15, -0.1) is 6.58 Å². The Bertz CT molecular complexity index is 391. The summed E-state index contributed by atoms with van der Waals surface area (Å²) in [6.45, 7) is 6.11. The van der Waals surface area contributed by atoms with Crippen LogP contribution in [0.4, 0.5) is 4.79 Å². The molecule has 0 unspecified atom stereocenters. The minimum Gasteiger partial charge on any atom is -0.384 e. The van der Waals surface area contributed by atoms with E-state index in [-0.39, 0.29) is 12.6 Å². The van der Waals surface area contributed by atoms with E-state index >= 15 is 0 Å². The Morgan fingerprint density at radius 1 is 1.63 bits per heavy atom. The summed E-state index contributed by atoms with van der Waals surface area (Å²) in [6, 6.07) is 1.60. The number of carbonyl (C=O) groups excluding carboxylic acids is 1. The number of rotatable bonds is 8. The molecule has 1 atom stereocenters. The van der Waals surface area contributed by atoms with E-state index < -0.39 is 5.60 Å². The van der Waals surface area contributed by atoms with Crippen LogP contribution in [0.15, 0.2) is 29.5 Å². The predicted molar refractivity (Wildman–Crippen MR) is 82.8 cm³/mol. The number of hydrogen-bond acceptors (Lipinski definition) is 4. The molecule has 0 bridgehead atoms. The zero-order valence-corrected chi connectivity index (χ0v) is 12.6. The van der Waals surface area contributed by atoms with Gasteiger partial charge in [0.1, 0.15) is 5.60 Å². The van der Waals surface area contributed by atoms with Crippen molar-refractivity contribution in [2.75, 3.05) is 24.6 Å². The molecule has 0 aliphatic carbocycles. The molecule has 6 heteroatoms. The fourth-order valence-electron chi connectivity index (χ4n) is 1.39. The molecular weight excluding hydrogens is 280 g/mol. The molecule has 3 N–H and O–H groups in total. The van der Waals surface area contributed by atoms with Crippen molar-refractivity contribution in [3.8, 4) is 0 Å². The van der Waals surface area contributed by atoms with Gasteiger partial charge in [-0.1, -0.05) is 6.08 Å². The van der Waals surface area contributed by atoms with Crippen LogP contribution in [0.1, 0.15) is 12.5 Å². The van der Waals surface area contributed by atoms with Gasteiger partial charge in [0.25, 0.3) is 0 Å². The van der Waals surface area contributed by atoms with E-state index in [4.69, 9.17) is 0 Å². The summed E-state index contributed by atoms with van der Waals surface area (Å²) in [4.78, 5) is 11.5. The van der Waals surface area contributed by atoms with Gasteiger partial charge in [0.15, 0.2) is 0 Å². The van der Waals surface area contributed by atoms with E-state index in [2.05, 4.69) is 17.2 Å². The van der Waals surface area contributed by atoms with Crippen molar-refractivity contribution in [1.82, 2.24) is 10.6 Å². The van der Waals surface area contributed by atoms with Gasteiger partial charge in [0.05, 0.1) is 6.54 Å². The molecule has 0 aliphatic rings. The number of carbonyl (C=O) groups is 1. The maximum Gasteiger partial charge on any atom is 0.314 e. The van der Waals surface area contributed by atoms with Crippen LogP contribution in [0.3, 0.4) is 0 Å². The quantitative estimate of drug-likeness (QED) is 0.509. The molecular formula is C13H20N2O2S2. The second kappa shape index (κ2) is 8.24. The van der Waals surface area contributed by atoms with E-state index in [9.17, 15) is 9.90 Å². The zero-order valence-electron chi connectivity index (χ0n) is 11.0. The van der Waals surface area contributed by atoms with Crippen molar-refractivity contribution in [1.29, 1.82) is 0 Å². The van der Waals surface area contributed by atoms with Crippen molar-refractivity contribution in [2.24, 2.45) is 0 Å². The Morgan fingerprint density at radius 2 is 2.42 bits per heavy atom. The molecule has 0 aliphatic heterocycles. The highest BCUT2D eigenvalue weighted by Gasteiger charge is 2.23. The number of aliphatic hydroxyl groups is 1. The molecule has 1 heterocycles. The lowest BCUT2D eigenvalue weighted by Gasteiger charge is -2.22. The lowest BCUT2D eigenvalue weighted by atomic mass is 9.99. The first-order chi connectivity index (χ1) is 9.06. The summed E-state index contributed by atoms with van der Waals surface area (Å²) < 4.78 is 0. The molecule has 1 rings (SSSR count). The van der Waals surface area contributed by atoms with Crippen LogP contribution in [0.5, 0.6) is 0 Å². The van der Waals surface area contributed by atoms with E-state index in [0.717, 1.165) is 17.1 Å². The highest BCUT2D eigenvalue weighted by atomic mass is 32.2. The van der Waals surface area contributed by atoms with Gasteiger partial charge in [0.2, 0.25) is 0 Å². The summed E-state index contributed by atoms with van der Waals surface area (Å²) in [5, 5.41) is 19.4. The van der Waals surface area contributed by atoms with Crippen molar-refractivity contribution < 1.29 is 9.90 Å². The van der Waals surface area contributed by atoms with Gasteiger partial charge in [0, 0.05) is 18.1 Å². The van der Waals surface area contributed by atoms with Crippen LogP contribution in [-0.4, -0.2) is 35.7 Å². The Hall–Kier alpha value is -0.980. The molecule has 1 aromatic rings. The van der Waals surface area contributed by atoms with Crippen molar-refractivity contribution in [2.45, 2.75) is 12.5 Å². The summed E-state index contributed by atoms with van der Waals surface area (Å²) in [5.74, 6) is 1.73. The minimum absolute atomic E-state index is 0.190. The standard InChI is InChI=1S/C13H20N2O2S2/c1-3-6-18-8-5-14-12(16)15-10-13(2,17)11-4-7-19-9-11/h3-4,7,9,17H,1,5-6,8,10H2,2H3,(H2,14,15,16)/t13-/m0/s1. The third-order valence-electron chi connectivity index (χ3n) is 2.50. The number of thioether (sulfide) groups is 1. The van der Waals surface area contributed by atoms with Gasteiger partial charge < -0.3 is 15.7 Å². The molecule has 0 saturated carbocycles.